The number of unbranched alkanes of at least 4 members (excludes halogenated alkanes) is 27. The van der Waals surface area contributed by atoms with Crippen LogP contribution in [0.4, 0.5) is 0 Å². The third-order valence-corrected chi connectivity index (χ3v) is 9.53. The number of rotatable bonds is 38. The molecule has 6 heteroatoms. The number of nitrogens with one attached hydrogen (secondary N) is 1. The summed E-state index contributed by atoms with van der Waals surface area (Å²) in [7, 11) is 0. The molecule has 0 saturated carbocycles. The SMILES string of the molecule is CCCCCCCCCCCCCCCCCCCCCCC(=O)OC(CCCCCCCC)CCCCCCC(=O)NCC(=O)O. The van der Waals surface area contributed by atoms with Crippen molar-refractivity contribution < 1.29 is 24.2 Å². The van der Waals surface area contributed by atoms with Gasteiger partial charge in [-0.05, 0) is 38.5 Å². The smallest absolute Gasteiger partial charge is 0.322 e. The Morgan fingerprint density at radius 2 is 0.787 bits per heavy atom. The molecule has 0 heterocycles. The number of aliphatic carboxylic acids is 1. The lowest BCUT2D eigenvalue weighted by Gasteiger charge is -2.18. The molecule has 2 N–H and O–H groups in total. The molecule has 0 rings (SSSR count). The molecule has 0 aromatic carbocycles. The summed E-state index contributed by atoms with van der Waals surface area (Å²) in [6.07, 6.45) is 41.0. The van der Waals surface area contributed by atoms with Crippen LogP contribution in [0.15, 0.2) is 0 Å². The molecule has 1 amide bonds. The highest BCUT2D eigenvalue weighted by Crippen LogP contribution is 2.19. The van der Waals surface area contributed by atoms with E-state index < -0.39 is 5.97 Å². The summed E-state index contributed by atoms with van der Waals surface area (Å²) in [5.74, 6) is -1.25. The zero-order valence-corrected chi connectivity index (χ0v) is 31.4. The van der Waals surface area contributed by atoms with Crippen LogP contribution in [0.2, 0.25) is 0 Å². The van der Waals surface area contributed by atoms with Gasteiger partial charge in [-0.3, -0.25) is 14.4 Å². The van der Waals surface area contributed by atoms with Crippen molar-refractivity contribution in [1.82, 2.24) is 5.32 Å². The van der Waals surface area contributed by atoms with Gasteiger partial charge in [0.15, 0.2) is 0 Å². The number of amides is 1. The number of carboxylic acid groups (broad SMARTS) is 1. The fourth-order valence-corrected chi connectivity index (χ4v) is 6.46. The first-order chi connectivity index (χ1) is 23.0. The number of carbonyl (C=O) groups excluding carboxylic acids is 2. The van der Waals surface area contributed by atoms with Gasteiger partial charge in [0, 0.05) is 12.8 Å². The molecule has 0 radical (unpaired) electrons. The first-order valence-electron chi connectivity index (χ1n) is 20.7. The first-order valence-corrected chi connectivity index (χ1v) is 20.7. The summed E-state index contributed by atoms with van der Waals surface area (Å²) in [5, 5.41) is 11.1. The van der Waals surface area contributed by atoms with E-state index in [9.17, 15) is 14.4 Å². The van der Waals surface area contributed by atoms with E-state index in [2.05, 4.69) is 19.2 Å². The maximum Gasteiger partial charge on any atom is 0.322 e. The molecule has 6 nitrogen and oxygen atoms in total. The molecule has 0 fully saturated rings. The van der Waals surface area contributed by atoms with E-state index in [1.165, 1.54) is 148 Å². The van der Waals surface area contributed by atoms with Gasteiger partial charge in [0.25, 0.3) is 0 Å². The van der Waals surface area contributed by atoms with Crippen LogP contribution in [0.1, 0.15) is 232 Å². The normalized spacial score (nSPS) is 11.9. The Balaban J connectivity index is 3.83. The van der Waals surface area contributed by atoms with Gasteiger partial charge in [-0.15, -0.1) is 0 Å². The zero-order valence-electron chi connectivity index (χ0n) is 31.4. The first kappa shape index (κ1) is 45.4. The molecule has 0 aliphatic heterocycles. The molecule has 0 spiro atoms. The molecule has 0 aromatic rings. The molecule has 0 aromatic heterocycles. The third-order valence-electron chi connectivity index (χ3n) is 9.53. The molecule has 0 saturated heterocycles. The topological polar surface area (TPSA) is 92.7 Å². The van der Waals surface area contributed by atoms with Crippen LogP contribution in [-0.4, -0.2) is 35.6 Å². The lowest BCUT2D eigenvalue weighted by Crippen LogP contribution is -2.28. The third kappa shape index (κ3) is 37.1. The van der Waals surface area contributed by atoms with Crippen LogP contribution < -0.4 is 5.32 Å². The fraction of sp³-hybridized carbons (Fsp3) is 0.927. The Bertz CT molecular complexity index is 697. The van der Waals surface area contributed by atoms with E-state index in [4.69, 9.17) is 9.84 Å². The fourth-order valence-electron chi connectivity index (χ4n) is 6.46. The van der Waals surface area contributed by atoms with Crippen molar-refractivity contribution in [3.8, 4) is 0 Å². The monoisotopic (exact) mass is 666 g/mol. The van der Waals surface area contributed by atoms with E-state index in [1.807, 2.05) is 0 Å². The van der Waals surface area contributed by atoms with E-state index >= 15 is 0 Å². The Hall–Kier alpha value is -1.59. The molecule has 1 atom stereocenters. The molecule has 47 heavy (non-hydrogen) atoms. The minimum atomic E-state index is -1.02. The second-order valence-electron chi connectivity index (χ2n) is 14.3. The summed E-state index contributed by atoms with van der Waals surface area (Å²) in [4.78, 5) is 34.9. The molecule has 1 unspecified atom stereocenters. The predicted octanol–water partition coefficient (Wildman–Crippen LogP) is 12.4. The minimum absolute atomic E-state index is 0.0117. The van der Waals surface area contributed by atoms with Gasteiger partial charge in [-0.2, -0.15) is 0 Å². The lowest BCUT2D eigenvalue weighted by atomic mass is 10.0. The van der Waals surface area contributed by atoms with Gasteiger partial charge in [-0.1, -0.05) is 181 Å². The Labute approximate surface area is 291 Å². The maximum absolute atomic E-state index is 12.6. The number of carbonyl (C=O) groups is 3. The van der Waals surface area contributed by atoms with Crippen molar-refractivity contribution in [3.05, 3.63) is 0 Å². The summed E-state index contributed by atoms with van der Waals surface area (Å²) >= 11 is 0. The van der Waals surface area contributed by atoms with Crippen molar-refractivity contribution in [2.45, 2.75) is 238 Å². The quantitative estimate of drug-likeness (QED) is 0.0506. The van der Waals surface area contributed by atoms with Crippen LogP contribution in [0.3, 0.4) is 0 Å². The summed E-state index contributed by atoms with van der Waals surface area (Å²) in [6.45, 7) is 4.21. The van der Waals surface area contributed by atoms with Crippen LogP contribution >= 0.6 is 0 Å². The van der Waals surface area contributed by atoms with Crippen LogP contribution in [0, 0.1) is 0 Å². The van der Waals surface area contributed by atoms with Gasteiger partial charge in [0.2, 0.25) is 5.91 Å². The summed E-state index contributed by atoms with van der Waals surface area (Å²) < 4.78 is 5.96. The number of ether oxygens (including phenoxy) is 1. The van der Waals surface area contributed by atoms with E-state index in [1.54, 1.807) is 0 Å². The lowest BCUT2D eigenvalue weighted by molar-refractivity contribution is -0.150. The van der Waals surface area contributed by atoms with Gasteiger partial charge < -0.3 is 15.2 Å². The van der Waals surface area contributed by atoms with Crippen LogP contribution in [0.5, 0.6) is 0 Å². The molecular weight excluding hydrogens is 586 g/mol. The van der Waals surface area contributed by atoms with Crippen molar-refractivity contribution in [2.24, 2.45) is 0 Å². The van der Waals surface area contributed by atoms with Gasteiger partial charge >= 0.3 is 11.9 Å². The highest BCUT2D eigenvalue weighted by Gasteiger charge is 2.14. The van der Waals surface area contributed by atoms with Gasteiger partial charge in [0.05, 0.1) is 0 Å². The highest BCUT2D eigenvalue weighted by molar-refractivity contribution is 5.80. The molecule has 0 aliphatic rings. The largest absolute Gasteiger partial charge is 0.480 e. The van der Waals surface area contributed by atoms with E-state index in [0.29, 0.717) is 12.8 Å². The standard InChI is InChI=1S/C41H79NO5/c1-3-5-7-9-11-12-13-14-15-16-17-18-19-20-21-22-23-24-26-32-36-41(46)47-38(33-29-25-10-8-6-4-2)34-30-27-28-31-35-39(43)42-37-40(44)45/h38H,3-37H2,1-2H3,(H,42,43)(H,44,45). The van der Waals surface area contributed by atoms with E-state index in [-0.39, 0.29) is 24.5 Å². The average Bonchev–Trinajstić information content (AvgIpc) is 3.05. The Morgan fingerprint density at radius 1 is 0.468 bits per heavy atom. The Morgan fingerprint density at radius 3 is 1.15 bits per heavy atom. The summed E-state index contributed by atoms with van der Waals surface area (Å²) in [5.41, 5.74) is 0. The minimum Gasteiger partial charge on any atom is -0.480 e. The van der Waals surface area contributed by atoms with Gasteiger partial charge in [-0.25, -0.2) is 0 Å². The molecule has 278 valence electrons. The van der Waals surface area contributed by atoms with E-state index in [0.717, 1.165) is 57.8 Å². The number of esters is 1. The predicted molar refractivity (Wildman–Crippen MR) is 199 cm³/mol. The molecular formula is C41H79NO5. The van der Waals surface area contributed by atoms with Crippen molar-refractivity contribution >= 4 is 17.8 Å². The number of hydrogen-bond acceptors (Lipinski definition) is 4. The van der Waals surface area contributed by atoms with Crippen molar-refractivity contribution in [1.29, 1.82) is 0 Å². The van der Waals surface area contributed by atoms with Crippen LogP contribution in [0.25, 0.3) is 0 Å². The maximum atomic E-state index is 12.6. The van der Waals surface area contributed by atoms with Crippen molar-refractivity contribution in [2.75, 3.05) is 6.54 Å². The van der Waals surface area contributed by atoms with Crippen LogP contribution in [-0.2, 0) is 19.1 Å². The molecule has 0 aliphatic carbocycles. The second kappa shape index (κ2) is 37.2. The number of carboxylic acids is 1. The van der Waals surface area contributed by atoms with Crippen molar-refractivity contribution in [3.63, 3.8) is 0 Å². The highest BCUT2D eigenvalue weighted by atomic mass is 16.5. The molecule has 0 bridgehead atoms. The van der Waals surface area contributed by atoms with Gasteiger partial charge in [0.1, 0.15) is 12.6 Å². The summed E-state index contributed by atoms with van der Waals surface area (Å²) in [6, 6.07) is 0. The second-order valence-corrected chi connectivity index (χ2v) is 14.3. The Kier molecular flexibility index (Phi) is 36.0. The average molecular weight is 666 g/mol. The number of hydrogen-bond donors (Lipinski definition) is 2. The zero-order chi connectivity index (χ0) is 34.5.